The van der Waals surface area contributed by atoms with Crippen molar-refractivity contribution in [1.29, 1.82) is 0 Å². The maximum absolute atomic E-state index is 12.8. The standard InChI is InChI=1S/C9H7F2O2/c10-7-2-3-8(11)6(5-7)1-4-9(12)13/h3,5H,1,4H2,(H,12,13). The minimum absolute atomic E-state index is 0.00718. The quantitative estimate of drug-likeness (QED) is 0.779. The lowest BCUT2D eigenvalue weighted by Gasteiger charge is -1.99. The summed E-state index contributed by atoms with van der Waals surface area (Å²) < 4.78 is 25.3. The van der Waals surface area contributed by atoms with Crippen LogP contribution in [0.1, 0.15) is 12.0 Å². The van der Waals surface area contributed by atoms with Crippen LogP contribution < -0.4 is 0 Å². The number of aryl methyl sites for hydroxylation is 1. The van der Waals surface area contributed by atoms with Crippen molar-refractivity contribution in [3.63, 3.8) is 0 Å². The molecule has 2 nitrogen and oxygen atoms in total. The highest BCUT2D eigenvalue weighted by atomic mass is 19.1. The molecule has 0 bridgehead atoms. The van der Waals surface area contributed by atoms with Gasteiger partial charge in [-0.1, -0.05) is 0 Å². The third kappa shape index (κ3) is 2.82. The monoisotopic (exact) mass is 185 g/mol. The zero-order valence-corrected chi connectivity index (χ0v) is 6.68. The van der Waals surface area contributed by atoms with Crippen LogP contribution in [0, 0.1) is 17.7 Å². The second-order valence-corrected chi connectivity index (χ2v) is 2.55. The van der Waals surface area contributed by atoms with Crippen LogP contribution in [0.5, 0.6) is 0 Å². The summed E-state index contributed by atoms with van der Waals surface area (Å²) in [4.78, 5) is 10.1. The largest absolute Gasteiger partial charge is 0.481 e. The molecule has 0 amide bonds. The first-order valence-corrected chi connectivity index (χ1v) is 3.67. The number of aliphatic carboxylic acids is 1. The van der Waals surface area contributed by atoms with Crippen LogP contribution in [0.25, 0.3) is 0 Å². The maximum Gasteiger partial charge on any atom is 0.303 e. The van der Waals surface area contributed by atoms with Crippen LogP contribution in [0.3, 0.4) is 0 Å². The van der Waals surface area contributed by atoms with Gasteiger partial charge in [0.2, 0.25) is 0 Å². The van der Waals surface area contributed by atoms with Gasteiger partial charge in [-0.3, -0.25) is 4.79 Å². The van der Waals surface area contributed by atoms with Gasteiger partial charge in [0.25, 0.3) is 0 Å². The van der Waals surface area contributed by atoms with Gasteiger partial charge in [-0.05, 0) is 24.1 Å². The summed E-state index contributed by atoms with van der Waals surface area (Å²) in [6.45, 7) is 0. The number of carboxylic acid groups (broad SMARTS) is 1. The highest BCUT2D eigenvalue weighted by molar-refractivity contribution is 5.67. The molecule has 0 atom stereocenters. The van der Waals surface area contributed by atoms with Crippen LogP contribution in [-0.2, 0) is 11.2 Å². The molecule has 0 fully saturated rings. The molecule has 0 spiro atoms. The number of carbonyl (C=O) groups is 1. The Balaban J connectivity index is 2.75. The molecule has 0 aromatic heterocycles. The van der Waals surface area contributed by atoms with Gasteiger partial charge in [-0.25, -0.2) is 8.78 Å². The average Bonchev–Trinajstić information content (AvgIpc) is 2.06. The van der Waals surface area contributed by atoms with E-state index in [2.05, 4.69) is 0 Å². The molecule has 0 heterocycles. The van der Waals surface area contributed by atoms with Gasteiger partial charge in [0.1, 0.15) is 11.6 Å². The molecule has 1 rings (SSSR count). The van der Waals surface area contributed by atoms with E-state index < -0.39 is 17.6 Å². The molecule has 0 saturated heterocycles. The SMILES string of the molecule is O=C(O)CCc1cc(F)[c]cc1F. The third-order valence-electron chi connectivity index (χ3n) is 1.55. The molecule has 0 unspecified atom stereocenters. The fourth-order valence-electron chi connectivity index (χ4n) is 0.922. The maximum atomic E-state index is 12.8. The second-order valence-electron chi connectivity index (χ2n) is 2.55. The fourth-order valence-corrected chi connectivity index (χ4v) is 0.922. The molecular formula is C9H7F2O2. The molecule has 0 aliphatic heterocycles. The summed E-state index contributed by atoms with van der Waals surface area (Å²) in [5, 5.41) is 8.31. The van der Waals surface area contributed by atoms with E-state index in [0.29, 0.717) is 0 Å². The highest BCUT2D eigenvalue weighted by Gasteiger charge is 2.05. The Morgan fingerprint density at radius 2 is 2.23 bits per heavy atom. The summed E-state index contributed by atoms with van der Waals surface area (Å²) in [6.07, 6.45) is -0.215. The molecule has 4 heteroatoms. The highest BCUT2D eigenvalue weighted by Crippen LogP contribution is 2.10. The van der Waals surface area contributed by atoms with Gasteiger partial charge in [0.15, 0.2) is 0 Å². The summed E-state index contributed by atoms with van der Waals surface area (Å²) in [5.74, 6) is -2.34. The van der Waals surface area contributed by atoms with Crippen molar-refractivity contribution in [2.24, 2.45) is 0 Å². The van der Waals surface area contributed by atoms with E-state index in [4.69, 9.17) is 5.11 Å². The van der Waals surface area contributed by atoms with E-state index in [0.717, 1.165) is 12.1 Å². The van der Waals surface area contributed by atoms with Gasteiger partial charge in [-0.2, -0.15) is 0 Å². The van der Waals surface area contributed by atoms with Crippen LogP contribution in [0.15, 0.2) is 12.1 Å². The first kappa shape index (κ1) is 9.64. The minimum atomic E-state index is -1.03. The summed E-state index contributed by atoms with van der Waals surface area (Å²) in [6, 6.07) is 3.86. The Bertz CT molecular complexity index is 323. The lowest BCUT2D eigenvalue weighted by Crippen LogP contribution is -1.99. The van der Waals surface area contributed by atoms with Crippen LogP contribution in [0.2, 0.25) is 0 Å². The van der Waals surface area contributed by atoms with Crippen LogP contribution in [0.4, 0.5) is 8.78 Å². The van der Waals surface area contributed by atoms with E-state index in [1.807, 2.05) is 6.07 Å². The number of benzene rings is 1. The van der Waals surface area contributed by atoms with Gasteiger partial charge in [0.05, 0.1) is 0 Å². The van der Waals surface area contributed by atoms with Gasteiger partial charge in [0, 0.05) is 12.5 Å². The molecule has 1 radical (unpaired) electrons. The third-order valence-corrected chi connectivity index (χ3v) is 1.55. The van der Waals surface area contributed by atoms with E-state index in [9.17, 15) is 13.6 Å². The predicted octanol–water partition coefficient (Wildman–Crippen LogP) is 1.78. The smallest absolute Gasteiger partial charge is 0.303 e. The Kier molecular flexibility index (Phi) is 2.95. The second kappa shape index (κ2) is 3.98. The molecule has 1 aromatic rings. The molecule has 1 aromatic carbocycles. The molecule has 1 N–H and O–H groups in total. The van der Waals surface area contributed by atoms with Crippen molar-refractivity contribution < 1.29 is 18.7 Å². The van der Waals surface area contributed by atoms with Crippen molar-refractivity contribution >= 4 is 5.97 Å². The minimum Gasteiger partial charge on any atom is -0.481 e. The van der Waals surface area contributed by atoms with E-state index in [1.165, 1.54) is 0 Å². The number of halogens is 2. The molecule has 0 aliphatic rings. The lowest BCUT2D eigenvalue weighted by molar-refractivity contribution is -0.136. The topological polar surface area (TPSA) is 37.3 Å². The number of hydrogen-bond acceptors (Lipinski definition) is 1. The Hall–Kier alpha value is -1.45. The zero-order valence-electron chi connectivity index (χ0n) is 6.68. The first-order chi connectivity index (χ1) is 6.09. The van der Waals surface area contributed by atoms with Crippen LogP contribution >= 0.6 is 0 Å². The molecule has 0 saturated carbocycles. The number of carboxylic acids is 1. The predicted molar refractivity (Wildman–Crippen MR) is 41.2 cm³/mol. The van der Waals surface area contributed by atoms with E-state index in [1.54, 1.807) is 0 Å². The molecule has 13 heavy (non-hydrogen) atoms. The molecule has 69 valence electrons. The van der Waals surface area contributed by atoms with Gasteiger partial charge in [-0.15, -0.1) is 0 Å². The van der Waals surface area contributed by atoms with E-state index >= 15 is 0 Å². The normalized spacial score (nSPS) is 10.0. The first-order valence-electron chi connectivity index (χ1n) is 3.67. The Morgan fingerprint density at radius 3 is 2.85 bits per heavy atom. The number of rotatable bonds is 3. The van der Waals surface area contributed by atoms with Crippen molar-refractivity contribution in [2.75, 3.05) is 0 Å². The van der Waals surface area contributed by atoms with Crippen molar-refractivity contribution in [1.82, 2.24) is 0 Å². The number of hydrogen-bond donors (Lipinski definition) is 1. The Morgan fingerprint density at radius 1 is 1.54 bits per heavy atom. The van der Waals surface area contributed by atoms with Crippen molar-refractivity contribution in [3.05, 3.63) is 35.4 Å². The van der Waals surface area contributed by atoms with Gasteiger partial charge < -0.3 is 5.11 Å². The van der Waals surface area contributed by atoms with Crippen molar-refractivity contribution in [2.45, 2.75) is 12.8 Å². The summed E-state index contributed by atoms with van der Waals surface area (Å²) in [5.41, 5.74) is 0.0682. The summed E-state index contributed by atoms with van der Waals surface area (Å²) in [7, 11) is 0. The Labute approximate surface area is 73.8 Å². The van der Waals surface area contributed by atoms with Crippen molar-refractivity contribution in [3.8, 4) is 0 Å². The lowest BCUT2D eigenvalue weighted by atomic mass is 10.1. The molecule has 0 aliphatic carbocycles. The van der Waals surface area contributed by atoms with Gasteiger partial charge >= 0.3 is 5.97 Å². The molecular weight excluding hydrogens is 178 g/mol. The van der Waals surface area contributed by atoms with Crippen LogP contribution in [-0.4, -0.2) is 11.1 Å². The summed E-state index contributed by atoms with van der Waals surface area (Å²) >= 11 is 0. The average molecular weight is 185 g/mol. The zero-order chi connectivity index (χ0) is 9.84. The van der Waals surface area contributed by atoms with E-state index in [-0.39, 0.29) is 18.4 Å². The fraction of sp³-hybridized carbons (Fsp3) is 0.222.